The van der Waals surface area contributed by atoms with Gasteiger partial charge in [0.05, 0.1) is 7.11 Å². The summed E-state index contributed by atoms with van der Waals surface area (Å²) in [5.41, 5.74) is 5.84. The van der Waals surface area contributed by atoms with Crippen molar-refractivity contribution in [1.82, 2.24) is 5.16 Å². The first-order valence-electron chi connectivity index (χ1n) is 5.02. The highest BCUT2D eigenvalue weighted by Gasteiger charge is 2.38. The van der Waals surface area contributed by atoms with Crippen molar-refractivity contribution in [3.8, 4) is 5.88 Å². The molecule has 0 amide bonds. The lowest BCUT2D eigenvalue weighted by atomic mass is 9.84. The molecule has 2 rings (SSSR count). The van der Waals surface area contributed by atoms with Crippen LogP contribution >= 0.6 is 0 Å². The van der Waals surface area contributed by atoms with Crippen molar-refractivity contribution in [3.63, 3.8) is 0 Å². The van der Waals surface area contributed by atoms with E-state index in [0.29, 0.717) is 12.4 Å². The second-order valence-corrected chi connectivity index (χ2v) is 3.93. The Balaban J connectivity index is 2.26. The van der Waals surface area contributed by atoms with Crippen LogP contribution in [0.4, 0.5) is 0 Å². The van der Waals surface area contributed by atoms with Gasteiger partial charge in [-0.3, -0.25) is 0 Å². The van der Waals surface area contributed by atoms with Gasteiger partial charge in [-0.15, -0.1) is 0 Å². The van der Waals surface area contributed by atoms with Crippen molar-refractivity contribution in [1.29, 1.82) is 0 Å². The van der Waals surface area contributed by atoms with Crippen LogP contribution in [0.5, 0.6) is 5.88 Å². The highest BCUT2D eigenvalue weighted by atomic mass is 16.5. The average molecular weight is 196 g/mol. The molecule has 0 atom stereocenters. The average Bonchev–Trinajstić information content (AvgIpc) is 2.87. The molecule has 78 valence electrons. The molecule has 4 nitrogen and oxygen atoms in total. The Kier molecular flexibility index (Phi) is 2.46. The smallest absolute Gasteiger partial charge is 0.254 e. The highest BCUT2D eigenvalue weighted by molar-refractivity contribution is 5.21. The van der Waals surface area contributed by atoms with Gasteiger partial charge in [0.25, 0.3) is 5.88 Å². The quantitative estimate of drug-likeness (QED) is 0.794. The van der Waals surface area contributed by atoms with Crippen LogP contribution in [-0.4, -0.2) is 18.8 Å². The summed E-state index contributed by atoms with van der Waals surface area (Å²) in [6.07, 6.45) is 4.64. The normalized spacial score (nSPS) is 19.9. The molecule has 0 unspecified atom stereocenters. The fourth-order valence-electron chi connectivity index (χ4n) is 2.21. The fraction of sp³-hybridized carbons (Fsp3) is 0.700. The molecule has 1 heterocycles. The van der Waals surface area contributed by atoms with Crippen LogP contribution in [-0.2, 0) is 5.41 Å². The number of nitrogens with zero attached hydrogens (tertiary/aromatic N) is 1. The third-order valence-electron chi connectivity index (χ3n) is 3.17. The van der Waals surface area contributed by atoms with Crippen molar-refractivity contribution < 1.29 is 9.26 Å². The Morgan fingerprint density at radius 1 is 1.57 bits per heavy atom. The van der Waals surface area contributed by atoms with E-state index in [4.69, 9.17) is 15.0 Å². The van der Waals surface area contributed by atoms with Crippen LogP contribution in [0.1, 0.15) is 31.4 Å². The third kappa shape index (κ3) is 1.39. The summed E-state index contributed by atoms with van der Waals surface area (Å²) in [6, 6.07) is 1.86. The predicted molar refractivity (Wildman–Crippen MR) is 52.3 cm³/mol. The van der Waals surface area contributed by atoms with Crippen LogP contribution in [0.25, 0.3) is 0 Å². The van der Waals surface area contributed by atoms with E-state index < -0.39 is 0 Å². The molecule has 0 aromatic carbocycles. The molecule has 0 spiro atoms. The van der Waals surface area contributed by atoms with E-state index >= 15 is 0 Å². The number of nitrogens with two attached hydrogens (primary N) is 1. The fourth-order valence-corrected chi connectivity index (χ4v) is 2.21. The topological polar surface area (TPSA) is 61.3 Å². The summed E-state index contributed by atoms with van der Waals surface area (Å²) in [5, 5.41) is 3.82. The van der Waals surface area contributed by atoms with E-state index in [-0.39, 0.29) is 5.41 Å². The molecule has 1 aromatic heterocycles. The first-order valence-corrected chi connectivity index (χ1v) is 5.02. The minimum atomic E-state index is 0.0176. The van der Waals surface area contributed by atoms with Crippen LogP contribution < -0.4 is 10.5 Å². The molecule has 0 bridgehead atoms. The lowest BCUT2D eigenvalue weighted by Crippen LogP contribution is -2.31. The SMILES string of the molecule is COc1cc(C2(CN)CCCC2)on1. The monoisotopic (exact) mass is 196 g/mol. The Bertz CT molecular complexity index is 303. The number of aromatic nitrogens is 1. The Morgan fingerprint density at radius 3 is 2.79 bits per heavy atom. The van der Waals surface area contributed by atoms with E-state index in [2.05, 4.69) is 5.16 Å². The number of ether oxygens (including phenoxy) is 1. The molecule has 1 aromatic rings. The number of hydrogen-bond acceptors (Lipinski definition) is 4. The molecule has 4 heteroatoms. The molecule has 0 aliphatic heterocycles. The summed E-state index contributed by atoms with van der Waals surface area (Å²) >= 11 is 0. The predicted octanol–water partition coefficient (Wildman–Crippen LogP) is 1.45. The molecule has 0 radical (unpaired) electrons. The van der Waals surface area contributed by atoms with E-state index in [0.717, 1.165) is 18.6 Å². The van der Waals surface area contributed by atoms with Crippen molar-refractivity contribution in [2.45, 2.75) is 31.1 Å². The maximum absolute atomic E-state index is 5.82. The molecule has 1 saturated carbocycles. The van der Waals surface area contributed by atoms with Gasteiger partial charge in [-0.25, -0.2) is 0 Å². The van der Waals surface area contributed by atoms with Crippen molar-refractivity contribution in [2.75, 3.05) is 13.7 Å². The summed E-state index contributed by atoms with van der Waals surface area (Å²) in [4.78, 5) is 0. The van der Waals surface area contributed by atoms with Gasteiger partial charge in [-0.2, -0.15) is 0 Å². The van der Waals surface area contributed by atoms with Gasteiger partial charge in [0.1, 0.15) is 5.76 Å². The minimum Gasteiger partial charge on any atom is -0.479 e. The van der Waals surface area contributed by atoms with Crippen LogP contribution in [0.2, 0.25) is 0 Å². The number of rotatable bonds is 3. The zero-order valence-corrected chi connectivity index (χ0v) is 8.45. The molecule has 0 saturated heterocycles. The molecular weight excluding hydrogens is 180 g/mol. The maximum atomic E-state index is 5.82. The van der Waals surface area contributed by atoms with Gasteiger partial charge >= 0.3 is 0 Å². The highest BCUT2D eigenvalue weighted by Crippen LogP contribution is 2.41. The molecule has 2 N–H and O–H groups in total. The molecule has 1 aliphatic rings. The Hall–Kier alpha value is -1.03. The van der Waals surface area contributed by atoms with Gasteiger partial charge in [-0.1, -0.05) is 12.8 Å². The van der Waals surface area contributed by atoms with E-state index in [1.54, 1.807) is 7.11 Å². The van der Waals surface area contributed by atoms with Gasteiger partial charge in [0.15, 0.2) is 0 Å². The zero-order chi connectivity index (χ0) is 10.0. The summed E-state index contributed by atoms with van der Waals surface area (Å²) in [6.45, 7) is 0.630. The van der Waals surface area contributed by atoms with Crippen molar-refractivity contribution in [2.24, 2.45) is 5.73 Å². The number of methoxy groups -OCH3 is 1. The second kappa shape index (κ2) is 3.61. The van der Waals surface area contributed by atoms with Crippen LogP contribution in [0.3, 0.4) is 0 Å². The van der Waals surface area contributed by atoms with Gasteiger partial charge in [0.2, 0.25) is 0 Å². The van der Waals surface area contributed by atoms with Gasteiger partial charge in [0, 0.05) is 18.0 Å². The van der Waals surface area contributed by atoms with E-state index in [1.807, 2.05) is 6.07 Å². The van der Waals surface area contributed by atoms with Gasteiger partial charge < -0.3 is 15.0 Å². The van der Waals surface area contributed by atoms with E-state index in [1.165, 1.54) is 12.8 Å². The molecule has 1 fully saturated rings. The lowest BCUT2D eigenvalue weighted by Gasteiger charge is -2.22. The minimum absolute atomic E-state index is 0.0176. The Labute approximate surface area is 83.4 Å². The lowest BCUT2D eigenvalue weighted by molar-refractivity contribution is 0.278. The second-order valence-electron chi connectivity index (χ2n) is 3.93. The first-order chi connectivity index (χ1) is 6.80. The van der Waals surface area contributed by atoms with E-state index in [9.17, 15) is 0 Å². The summed E-state index contributed by atoms with van der Waals surface area (Å²) < 4.78 is 10.3. The molecular formula is C10H16N2O2. The summed E-state index contributed by atoms with van der Waals surface area (Å²) in [5.74, 6) is 1.43. The van der Waals surface area contributed by atoms with Crippen LogP contribution in [0, 0.1) is 0 Å². The molecule has 1 aliphatic carbocycles. The zero-order valence-electron chi connectivity index (χ0n) is 8.45. The first kappa shape index (κ1) is 9.52. The summed E-state index contributed by atoms with van der Waals surface area (Å²) in [7, 11) is 1.59. The number of hydrogen-bond donors (Lipinski definition) is 1. The van der Waals surface area contributed by atoms with Crippen molar-refractivity contribution in [3.05, 3.63) is 11.8 Å². The third-order valence-corrected chi connectivity index (χ3v) is 3.17. The largest absolute Gasteiger partial charge is 0.479 e. The standard InChI is InChI=1S/C10H16N2O2/c1-13-9-6-8(14-12-9)10(7-11)4-2-3-5-10/h6H,2-5,7,11H2,1H3. The Morgan fingerprint density at radius 2 is 2.29 bits per heavy atom. The van der Waals surface area contributed by atoms with Crippen LogP contribution in [0.15, 0.2) is 10.6 Å². The van der Waals surface area contributed by atoms with Gasteiger partial charge in [-0.05, 0) is 18.0 Å². The molecule has 14 heavy (non-hydrogen) atoms. The van der Waals surface area contributed by atoms with Crippen molar-refractivity contribution >= 4 is 0 Å². The maximum Gasteiger partial charge on any atom is 0.254 e.